The number of anilines is 1. The van der Waals surface area contributed by atoms with Crippen molar-refractivity contribution in [2.24, 2.45) is 0 Å². The van der Waals surface area contributed by atoms with Crippen LogP contribution in [0.5, 0.6) is 0 Å². The Kier molecular flexibility index (Phi) is 4.29. The summed E-state index contributed by atoms with van der Waals surface area (Å²) in [6.45, 7) is 0. The summed E-state index contributed by atoms with van der Waals surface area (Å²) in [4.78, 5) is -0.0470. The maximum atomic E-state index is 12.6. The molecule has 0 saturated heterocycles. The largest absolute Gasteiger partial charge is 0.416 e. The third-order valence-electron chi connectivity index (χ3n) is 2.55. The van der Waals surface area contributed by atoms with E-state index in [9.17, 15) is 21.6 Å². The van der Waals surface area contributed by atoms with Crippen molar-refractivity contribution in [1.82, 2.24) is 0 Å². The lowest BCUT2D eigenvalue weighted by Crippen LogP contribution is -2.14. The van der Waals surface area contributed by atoms with E-state index < -0.39 is 21.8 Å². The molecule has 112 valence electrons. The van der Waals surface area contributed by atoms with Crippen LogP contribution in [-0.4, -0.2) is 8.42 Å². The first kappa shape index (κ1) is 15.8. The molecule has 0 amide bonds. The van der Waals surface area contributed by atoms with Crippen molar-refractivity contribution in [2.75, 3.05) is 4.72 Å². The summed E-state index contributed by atoms with van der Waals surface area (Å²) in [5.41, 5.74) is -1.07. The van der Waals surface area contributed by atoms with Gasteiger partial charge in [0.25, 0.3) is 10.0 Å². The van der Waals surface area contributed by atoms with Crippen molar-refractivity contribution in [3.05, 3.63) is 58.6 Å². The van der Waals surface area contributed by atoms with Crippen molar-refractivity contribution in [2.45, 2.75) is 11.1 Å². The Morgan fingerprint density at radius 1 is 1.00 bits per heavy atom. The molecular formula is C13H9BrF3NO2S. The Morgan fingerprint density at radius 2 is 1.67 bits per heavy atom. The van der Waals surface area contributed by atoms with E-state index in [4.69, 9.17) is 0 Å². The van der Waals surface area contributed by atoms with Crippen molar-refractivity contribution in [3.8, 4) is 0 Å². The second kappa shape index (κ2) is 5.69. The van der Waals surface area contributed by atoms with Crippen LogP contribution in [-0.2, 0) is 16.2 Å². The SMILES string of the molecule is O=S(=O)(Nc1cccc(C(F)(F)F)c1)c1cccc(Br)c1. The molecule has 0 aliphatic heterocycles. The predicted octanol–water partition coefficient (Wildman–Crippen LogP) is 4.27. The average Bonchev–Trinajstić information content (AvgIpc) is 2.37. The van der Waals surface area contributed by atoms with Crippen molar-refractivity contribution in [1.29, 1.82) is 0 Å². The highest BCUT2D eigenvalue weighted by atomic mass is 79.9. The minimum atomic E-state index is -4.53. The smallest absolute Gasteiger partial charge is 0.280 e. The van der Waals surface area contributed by atoms with Gasteiger partial charge in [0, 0.05) is 10.2 Å². The van der Waals surface area contributed by atoms with E-state index in [1.165, 1.54) is 24.3 Å². The number of hydrogen-bond acceptors (Lipinski definition) is 2. The van der Waals surface area contributed by atoms with E-state index in [1.807, 2.05) is 0 Å². The lowest BCUT2D eigenvalue weighted by atomic mass is 10.2. The van der Waals surface area contributed by atoms with Gasteiger partial charge in [-0.15, -0.1) is 0 Å². The quantitative estimate of drug-likeness (QED) is 0.865. The van der Waals surface area contributed by atoms with Gasteiger partial charge in [-0.25, -0.2) is 8.42 Å². The molecule has 21 heavy (non-hydrogen) atoms. The second-order valence-corrected chi connectivity index (χ2v) is 6.74. The molecule has 0 aromatic heterocycles. The summed E-state index contributed by atoms with van der Waals surface area (Å²) in [7, 11) is -3.95. The van der Waals surface area contributed by atoms with Crippen LogP contribution >= 0.6 is 15.9 Å². The Hall–Kier alpha value is -1.54. The van der Waals surface area contributed by atoms with Crippen LogP contribution in [0.15, 0.2) is 57.9 Å². The van der Waals surface area contributed by atoms with Gasteiger partial charge < -0.3 is 0 Å². The fourth-order valence-electron chi connectivity index (χ4n) is 1.61. The third-order valence-corrected chi connectivity index (χ3v) is 4.42. The first-order valence-electron chi connectivity index (χ1n) is 5.64. The molecule has 0 spiro atoms. The fourth-order valence-corrected chi connectivity index (χ4v) is 3.25. The summed E-state index contributed by atoms with van der Waals surface area (Å²) in [5, 5.41) is 0. The van der Waals surface area contributed by atoms with Crippen LogP contribution < -0.4 is 4.72 Å². The Morgan fingerprint density at radius 3 is 2.29 bits per heavy atom. The zero-order chi connectivity index (χ0) is 15.7. The summed E-state index contributed by atoms with van der Waals surface area (Å²) in [6, 6.07) is 9.88. The van der Waals surface area contributed by atoms with Gasteiger partial charge in [-0.1, -0.05) is 28.1 Å². The number of sulfonamides is 1. The van der Waals surface area contributed by atoms with Crippen LogP contribution in [0.25, 0.3) is 0 Å². The molecule has 0 unspecified atom stereocenters. The highest BCUT2D eigenvalue weighted by Crippen LogP contribution is 2.31. The lowest BCUT2D eigenvalue weighted by Gasteiger charge is -2.11. The average molecular weight is 380 g/mol. The highest BCUT2D eigenvalue weighted by molar-refractivity contribution is 9.10. The van der Waals surface area contributed by atoms with Crippen molar-refractivity contribution < 1.29 is 21.6 Å². The molecular weight excluding hydrogens is 371 g/mol. The fraction of sp³-hybridized carbons (Fsp3) is 0.0769. The second-order valence-electron chi connectivity index (χ2n) is 4.14. The molecule has 1 N–H and O–H groups in total. The minimum absolute atomic E-state index is 0.0470. The Bertz CT molecular complexity index is 760. The number of hydrogen-bond donors (Lipinski definition) is 1. The van der Waals surface area contributed by atoms with Gasteiger partial charge >= 0.3 is 6.18 Å². The summed E-state index contributed by atoms with van der Waals surface area (Å²) in [5.74, 6) is 0. The number of nitrogens with one attached hydrogen (secondary N) is 1. The van der Waals surface area contributed by atoms with E-state index in [2.05, 4.69) is 20.7 Å². The lowest BCUT2D eigenvalue weighted by molar-refractivity contribution is -0.137. The zero-order valence-corrected chi connectivity index (χ0v) is 12.8. The molecule has 2 aromatic carbocycles. The van der Waals surface area contributed by atoms with Crippen LogP contribution in [0.3, 0.4) is 0 Å². The zero-order valence-electron chi connectivity index (χ0n) is 10.4. The van der Waals surface area contributed by atoms with Gasteiger partial charge in [-0.05, 0) is 36.4 Å². The summed E-state index contributed by atoms with van der Waals surface area (Å²) in [6.07, 6.45) is -4.53. The van der Waals surface area contributed by atoms with Crippen LogP contribution in [0.2, 0.25) is 0 Å². The standard InChI is InChI=1S/C13H9BrF3NO2S/c14-10-4-2-6-12(8-10)21(19,20)18-11-5-1-3-9(7-11)13(15,16)17/h1-8,18H. The molecule has 0 saturated carbocycles. The van der Waals surface area contributed by atoms with E-state index in [0.29, 0.717) is 4.47 Å². The van der Waals surface area contributed by atoms with Crippen LogP contribution in [0.4, 0.5) is 18.9 Å². The van der Waals surface area contributed by atoms with E-state index in [0.717, 1.165) is 18.2 Å². The molecule has 0 aliphatic carbocycles. The number of rotatable bonds is 3. The maximum Gasteiger partial charge on any atom is 0.416 e. The molecule has 0 radical (unpaired) electrons. The van der Waals surface area contributed by atoms with Gasteiger partial charge in [0.1, 0.15) is 0 Å². The maximum absolute atomic E-state index is 12.6. The number of halogens is 4. The Balaban J connectivity index is 2.33. The number of alkyl halides is 3. The van der Waals surface area contributed by atoms with Crippen molar-refractivity contribution in [3.63, 3.8) is 0 Å². The monoisotopic (exact) mass is 379 g/mol. The first-order chi connectivity index (χ1) is 9.68. The topological polar surface area (TPSA) is 46.2 Å². The van der Waals surface area contributed by atoms with Gasteiger partial charge in [0.05, 0.1) is 10.5 Å². The van der Waals surface area contributed by atoms with Gasteiger partial charge in [0.2, 0.25) is 0 Å². The highest BCUT2D eigenvalue weighted by Gasteiger charge is 2.30. The first-order valence-corrected chi connectivity index (χ1v) is 7.92. The third kappa shape index (κ3) is 3.98. The van der Waals surface area contributed by atoms with E-state index in [-0.39, 0.29) is 10.6 Å². The molecule has 8 heteroatoms. The number of benzene rings is 2. The summed E-state index contributed by atoms with van der Waals surface area (Å²) < 4.78 is 64.7. The molecule has 2 aromatic rings. The van der Waals surface area contributed by atoms with Gasteiger partial charge in [-0.3, -0.25) is 4.72 Å². The molecule has 2 rings (SSSR count). The van der Waals surface area contributed by atoms with E-state index >= 15 is 0 Å². The van der Waals surface area contributed by atoms with Gasteiger partial charge in [-0.2, -0.15) is 13.2 Å². The van der Waals surface area contributed by atoms with Gasteiger partial charge in [0.15, 0.2) is 0 Å². The van der Waals surface area contributed by atoms with Crippen LogP contribution in [0, 0.1) is 0 Å². The molecule has 3 nitrogen and oxygen atoms in total. The molecule has 0 aliphatic rings. The molecule has 0 fully saturated rings. The van der Waals surface area contributed by atoms with E-state index in [1.54, 1.807) is 6.07 Å². The van der Waals surface area contributed by atoms with Crippen LogP contribution in [0.1, 0.15) is 5.56 Å². The Labute approximate surface area is 128 Å². The molecule has 0 atom stereocenters. The minimum Gasteiger partial charge on any atom is -0.280 e. The summed E-state index contributed by atoms with van der Waals surface area (Å²) >= 11 is 3.14. The normalized spacial score (nSPS) is 12.2. The molecule has 0 bridgehead atoms. The predicted molar refractivity (Wildman–Crippen MR) is 76.4 cm³/mol. The van der Waals surface area contributed by atoms with Crippen molar-refractivity contribution >= 4 is 31.6 Å². The molecule has 0 heterocycles.